The lowest BCUT2D eigenvalue weighted by Gasteiger charge is -2.05. The Morgan fingerprint density at radius 3 is 2.94 bits per heavy atom. The van der Waals surface area contributed by atoms with Gasteiger partial charge >= 0.3 is 0 Å². The van der Waals surface area contributed by atoms with Crippen molar-refractivity contribution in [2.45, 2.75) is 19.3 Å². The van der Waals surface area contributed by atoms with Crippen LogP contribution in [0.3, 0.4) is 0 Å². The van der Waals surface area contributed by atoms with Gasteiger partial charge < -0.3 is 4.98 Å². The van der Waals surface area contributed by atoms with Gasteiger partial charge in [-0.25, -0.2) is 9.37 Å². The number of hydrogen-bond acceptors (Lipinski definition) is 2. The van der Waals surface area contributed by atoms with Crippen LogP contribution in [0, 0.1) is 5.82 Å². The third kappa shape index (κ3) is 1.88. The number of aromatic nitrogens is 2. The highest BCUT2D eigenvalue weighted by Gasteiger charge is 2.17. The van der Waals surface area contributed by atoms with Crippen LogP contribution >= 0.6 is 15.9 Å². The summed E-state index contributed by atoms with van der Waals surface area (Å²) in [4.78, 5) is 19.1. The van der Waals surface area contributed by atoms with Crippen LogP contribution in [-0.4, -0.2) is 9.97 Å². The predicted octanol–water partition coefficient (Wildman–Crippen LogP) is 2.83. The maximum atomic E-state index is 13.2. The Hall–Kier alpha value is -1.49. The number of nitrogens with zero attached hydrogens (tertiary/aromatic N) is 1. The molecule has 0 atom stereocenters. The summed E-state index contributed by atoms with van der Waals surface area (Å²) in [6.07, 6.45) is 2.61. The Morgan fingerprint density at radius 1 is 1.33 bits per heavy atom. The van der Waals surface area contributed by atoms with Gasteiger partial charge in [0.15, 0.2) is 0 Å². The number of H-pyrrole nitrogens is 1. The van der Waals surface area contributed by atoms with Crippen molar-refractivity contribution in [2.75, 3.05) is 0 Å². The van der Waals surface area contributed by atoms with Gasteiger partial charge in [-0.05, 0) is 53.4 Å². The number of rotatable bonds is 1. The second-order valence-corrected chi connectivity index (χ2v) is 5.18. The summed E-state index contributed by atoms with van der Waals surface area (Å²) >= 11 is 3.13. The molecule has 0 saturated carbocycles. The van der Waals surface area contributed by atoms with Gasteiger partial charge in [0.25, 0.3) is 5.56 Å². The molecular formula is C13H10BrFN2O. The number of hydrogen-bond donors (Lipinski definition) is 1. The fourth-order valence-corrected chi connectivity index (χ4v) is 2.60. The second-order valence-electron chi connectivity index (χ2n) is 4.32. The van der Waals surface area contributed by atoms with Crippen LogP contribution in [0.4, 0.5) is 4.39 Å². The Labute approximate surface area is 111 Å². The first-order chi connectivity index (χ1) is 8.65. The third-order valence-corrected chi connectivity index (χ3v) is 3.74. The van der Waals surface area contributed by atoms with Crippen LogP contribution in [0.5, 0.6) is 0 Å². The molecule has 1 aromatic carbocycles. The minimum atomic E-state index is -0.331. The normalized spacial score (nSPS) is 13.7. The zero-order valence-corrected chi connectivity index (χ0v) is 11.1. The largest absolute Gasteiger partial charge is 0.306 e. The first-order valence-corrected chi connectivity index (χ1v) is 6.52. The van der Waals surface area contributed by atoms with Crippen molar-refractivity contribution in [2.24, 2.45) is 0 Å². The Morgan fingerprint density at radius 2 is 2.17 bits per heavy atom. The van der Waals surface area contributed by atoms with E-state index in [4.69, 9.17) is 0 Å². The smallest absolute Gasteiger partial charge is 0.254 e. The molecule has 3 rings (SSSR count). The molecule has 92 valence electrons. The first-order valence-electron chi connectivity index (χ1n) is 5.72. The van der Waals surface area contributed by atoms with Crippen molar-refractivity contribution >= 4 is 15.9 Å². The SMILES string of the molecule is O=c1[nH]c(-c2ccc(F)c(Br)c2)nc2c1CCC2. The van der Waals surface area contributed by atoms with Crippen LogP contribution in [-0.2, 0) is 12.8 Å². The van der Waals surface area contributed by atoms with Gasteiger partial charge in [-0.3, -0.25) is 4.79 Å². The molecule has 1 N–H and O–H groups in total. The molecule has 1 aliphatic rings. The molecule has 0 spiro atoms. The van der Waals surface area contributed by atoms with Crippen LogP contribution in [0.2, 0.25) is 0 Å². The van der Waals surface area contributed by atoms with E-state index < -0.39 is 0 Å². The summed E-state index contributed by atoms with van der Waals surface area (Å²) in [5.41, 5.74) is 2.29. The van der Waals surface area contributed by atoms with Crippen molar-refractivity contribution in [1.29, 1.82) is 0 Å². The van der Waals surface area contributed by atoms with Crippen molar-refractivity contribution in [3.8, 4) is 11.4 Å². The fourth-order valence-electron chi connectivity index (χ4n) is 2.22. The molecule has 0 unspecified atom stereocenters. The molecule has 0 bridgehead atoms. The Balaban J connectivity index is 2.15. The number of aromatic amines is 1. The molecule has 18 heavy (non-hydrogen) atoms. The van der Waals surface area contributed by atoms with Crippen LogP contribution < -0.4 is 5.56 Å². The van der Waals surface area contributed by atoms with E-state index >= 15 is 0 Å². The molecule has 0 radical (unpaired) electrons. The number of aryl methyl sites for hydroxylation is 1. The van der Waals surface area contributed by atoms with Crippen molar-refractivity contribution in [3.05, 3.63) is 50.1 Å². The van der Waals surface area contributed by atoms with Gasteiger partial charge in [0.1, 0.15) is 11.6 Å². The van der Waals surface area contributed by atoms with Crippen LogP contribution in [0.1, 0.15) is 17.7 Å². The van der Waals surface area contributed by atoms with Crippen LogP contribution in [0.15, 0.2) is 27.5 Å². The number of halogens is 2. The standard InChI is InChI=1S/C13H10BrFN2O/c14-9-6-7(4-5-10(9)15)12-16-11-3-1-2-8(11)13(18)17-12/h4-6H,1-3H2,(H,16,17,18). The van der Waals surface area contributed by atoms with E-state index in [9.17, 15) is 9.18 Å². The summed E-state index contributed by atoms with van der Waals surface area (Å²) < 4.78 is 13.5. The van der Waals surface area contributed by atoms with E-state index in [1.807, 2.05) is 0 Å². The highest BCUT2D eigenvalue weighted by molar-refractivity contribution is 9.10. The minimum Gasteiger partial charge on any atom is -0.306 e. The molecule has 1 heterocycles. The highest BCUT2D eigenvalue weighted by atomic mass is 79.9. The maximum Gasteiger partial charge on any atom is 0.254 e. The molecule has 0 aliphatic heterocycles. The zero-order chi connectivity index (χ0) is 12.7. The van der Waals surface area contributed by atoms with Gasteiger partial charge in [0, 0.05) is 11.1 Å². The third-order valence-electron chi connectivity index (χ3n) is 3.13. The van der Waals surface area contributed by atoms with Gasteiger partial charge in [0.2, 0.25) is 0 Å². The van der Waals surface area contributed by atoms with E-state index in [0.29, 0.717) is 15.9 Å². The predicted molar refractivity (Wildman–Crippen MR) is 70.0 cm³/mol. The molecule has 5 heteroatoms. The quantitative estimate of drug-likeness (QED) is 0.880. The van der Waals surface area contributed by atoms with Crippen molar-refractivity contribution < 1.29 is 4.39 Å². The van der Waals surface area contributed by atoms with Gasteiger partial charge in [-0.1, -0.05) is 0 Å². The highest BCUT2D eigenvalue weighted by Crippen LogP contribution is 2.24. The molecule has 1 aromatic heterocycles. The topological polar surface area (TPSA) is 45.8 Å². The molecule has 0 fully saturated rings. The second kappa shape index (κ2) is 4.31. The Bertz CT molecular complexity index is 681. The summed E-state index contributed by atoms with van der Waals surface area (Å²) in [6, 6.07) is 4.58. The summed E-state index contributed by atoms with van der Waals surface area (Å²) in [5.74, 6) is 0.170. The molecular weight excluding hydrogens is 299 g/mol. The average Bonchev–Trinajstić information content (AvgIpc) is 2.81. The van der Waals surface area contributed by atoms with E-state index in [2.05, 4.69) is 25.9 Å². The lowest BCUT2D eigenvalue weighted by Crippen LogP contribution is -2.15. The lowest BCUT2D eigenvalue weighted by atomic mass is 10.2. The monoisotopic (exact) mass is 308 g/mol. The van der Waals surface area contributed by atoms with Crippen molar-refractivity contribution in [1.82, 2.24) is 9.97 Å². The first kappa shape index (κ1) is 11.6. The van der Waals surface area contributed by atoms with Gasteiger partial charge in [-0.15, -0.1) is 0 Å². The maximum absolute atomic E-state index is 13.2. The minimum absolute atomic E-state index is 0.0760. The van der Waals surface area contributed by atoms with E-state index in [1.54, 1.807) is 12.1 Å². The van der Waals surface area contributed by atoms with Gasteiger partial charge in [-0.2, -0.15) is 0 Å². The average molecular weight is 309 g/mol. The van der Waals surface area contributed by atoms with E-state index in [1.165, 1.54) is 6.07 Å². The Kier molecular flexibility index (Phi) is 2.78. The molecule has 2 aromatic rings. The van der Waals surface area contributed by atoms with E-state index in [0.717, 1.165) is 30.5 Å². The zero-order valence-electron chi connectivity index (χ0n) is 9.46. The lowest BCUT2D eigenvalue weighted by molar-refractivity contribution is 0.621. The number of nitrogens with one attached hydrogen (secondary N) is 1. The fraction of sp³-hybridized carbons (Fsp3) is 0.231. The summed E-state index contributed by atoms with van der Waals surface area (Å²) in [6.45, 7) is 0. The molecule has 0 amide bonds. The van der Waals surface area contributed by atoms with Gasteiger partial charge in [0.05, 0.1) is 10.2 Å². The summed E-state index contributed by atoms with van der Waals surface area (Å²) in [7, 11) is 0. The summed E-state index contributed by atoms with van der Waals surface area (Å²) in [5, 5.41) is 0. The van der Waals surface area contributed by atoms with Crippen molar-refractivity contribution in [3.63, 3.8) is 0 Å². The van der Waals surface area contributed by atoms with Crippen LogP contribution in [0.25, 0.3) is 11.4 Å². The number of fused-ring (bicyclic) bond motifs is 1. The molecule has 0 saturated heterocycles. The number of benzene rings is 1. The molecule has 1 aliphatic carbocycles. The van der Waals surface area contributed by atoms with E-state index in [-0.39, 0.29) is 11.4 Å². The molecule has 3 nitrogen and oxygen atoms in total.